The van der Waals surface area contributed by atoms with Gasteiger partial charge in [0.15, 0.2) is 0 Å². The summed E-state index contributed by atoms with van der Waals surface area (Å²) in [6, 6.07) is 6.71. The average Bonchev–Trinajstić information content (AvgIpc) is 2.46. The smallest absolute Gasteiger partial charge is 0.339 e. The van der Waals surface area contributed by atoms with Gasteiger partial charge < -0.3 is 10.2 Å². The number of carboxylic acid groups (broad SMARTS) is 1. The van der Waals surface area contributed by atoms with E-state index in [0.29, 0.717) is 0 Å². The predicted molar refractivity (Wildman–Crippen MR) is 73.8 cm³/mol. The van der Waals surface area contributed by atoms with Crippen molar-refractivity contribution >= 4 is 17.3 Å². The number of nitro benzene ring substituents is 2. The van der Waals surface area contributed by atoms with Crippen molar-refractivity contribution in [1.29, 1.82) is 0 Å². The predicted octanol–water partition coefficient (Wildman–Crippen LogP) is 2.57. The SMILES string of the molecule is O=C(O)c1cccc(-c2c([N+](=O)[O-])cccc2[N+](=O)[O-])c1O. The second-order valence-electron chi connectivity index (χ2n) is 4.19. The Morgan fingerprint density at radius 3 is 1.91 bits per heavy atom. The van der Waals surface area contributed by atoms with Gasteiger partial charge in [-0.15, -0.1) is 0 Å². The molecule has 0 atom stereocenters. The third-order valence-electron chi connectivity index (χ3n) is 2.95. The number of benzene rings is 2. The lowest BCUT2D eigenvalue weighted by Crippen LogP contribution is -2.01. The number of hydrogen-bond acceptors (Lipinski definition) is 6. The maximum atomic E-state index is 11.1. The van der Waals surface area contributed by atoms with Gasteiger partial charge in [0.2, 0.25) is 0 Å². The van der Waals surface area contributed by atoms with Crippen LogP contribution in [-0.2, 0) is 0 Å². The van der Waals surface area contributed by atoms with Crippen LogP contribution in [0.25, 0.3) is 11.1 Å². The normalized spacial score (nSPS) is 10.2. The Labute approximate surface area is 122 Å². The highest BCUT2D eigenvalue weighted by Crippen LogP contribution is 2.42. The molecule has 0 aliphatic heterocycles. The molecule has 2 rings (SSSR count). The van der Waals surface area contributed by atoms with Crippen molar-refractivity contribution in [2.75, 3.05) is 0 Å². The quantitative estimate of drug-likeness (QED) is 0.652. The highest BCUT2D eigenvalue weighted by Gasteiger charge is 2.29. The third kappa shape index (κ3) is 2.42. The zero-order valence-electron chi connectivity index (χ0n) is 10.8. The molecule has 9 heteroatoms. The molecule has 22 heavy (non-hydrogen) atoms. The van der Waals surface area contributed by atoms with Gasteiger partial charge in [0, 0.05) is 17.7 Å². The van der Waals surface area contributed by atoms with Gasteiger partial charge in [-0.2, -0.15) is 0 Å². The van der Waals surface area contributed by atoms with Crippen LogP contribution < -0.4 is 0 Å². The van der Waals surface area contributed by atoms with Crippen LogP contribution in [0, 0.1) is 20.2 Å². The zero-order valence-corrected chi connectivity index (χ0v) is 10.8. The summed E-state index contributed by atoms with van der Waals surface area (Å²) >= 11 is 0. The van der Waals surface area contributed by atoms with Crippen LogP contribution in [0.2, 0.25) is 0 Å². The van der Waals surface area contributed by atoms with E-state index in [9.17, 15) is 30.1 Å². The molecule has 0 heterocycles. The molecule has 9 nitrogen and oxygen atoms in total. The Kier molecular flexibility index (Phi) is 3.71. The summed E-state index contributed by atoms with van der Waals surface area (Å²) in [7, 11) is 0. The third-order valence-corrected chi connectivity index (χ3v) is 2.95. The molecule has 0 fully saturated rings. The lowest BCUT2D eigenvalue weighted by Gasteiger charge is -2.08. The van der Waals surface area contributed by atoms with Gasteiger partial charge in [0.25, 0.3) is 11.4 Å². The van der Waals surface area contributed by atoms with Gasteiger partial charge in [-0.05, 0) is 12.1 Å². The first-order chi connectivity index (χ1) is 10.3. The monoisotopic (exact) mass is 304 g/mol. The number of para-hydroxylation sites is 1. The number of nitro groups is 2. The van der Waals surface area contributed by atoms with Crippen molar-refractivity contribution in [3.63, 3.8) is 0 Å². The minimum absolute atomic E-state index is 0.293. The number of hydrogen-bond donors (Lipinski definition) is 2. The maximum absolute atomic E-state index is 11.1. The average molecular weight is 304 g/mol. The van der Waals surface area contributed by atoms with Gasteiger partial charge in [0.05, 0.1) is 9.85 Å². The number of aromatic carboxylic acids is 1. The van der Waals surface area contributed by atoms with E-state index in [0.717, 1.165) is 24.3 Å². The van der Waals surface area contributed by atoms with Crippen LogP contribution in [0.4, 0.5) is 11.4 Å². The van der Waals surface area contributed by atoms with Crippen molar-refractivity contribution in [3.05, 3.63) is 62.2 Å². The Morgan fingerprint density at radius 1 is 0.955 bits per heavy atom. The molecule has 0 saturated heterocycles. The molecule has 0 aromatic heterocycles. The summed E-state index contributed by atoms with van der Waals surface area (Å²) < 4.78 is 0. The summed E-state index contributed by atoms with van der Waals surface area (Å²) in [6.45, 7) is 0. The molecular formula is C13H8N2O7. The minimum Gasteiger partial charge on any atom is -0.506 e. The molecule has 0 spiro atoms. The fourth-order valence-corrected chi connectivity index (χ4v) is 2.03. The first kappa shape index (κ1) is 14.9. The molecule has 0 aliphatic rings. The Bertz CT molecular complexity index is 769. The van der Waals surface area contributed by atoms with Gasteiger partial charge in [0.1, 0.15) is 16.9 Å². The van der Waals surface area contributed by atoms with Gasteiger partial charge in [-0.3, -0.25) is 20.2 Å². The Morgan fingerprint density at radius 2 is 1.45 bits per heavy atom. The molecule has 2 aromatic carbocycles. The first-order valence-corrected chi connectivity index (χ1v) is 5.82. The van der Waals surface area contributed by atoms with Gasteiger partial charge >= 0.3 is 5.97 Å². The number of rotatable bonds is 4. The highest BCUT2D eigenvalue weighted by atomic mass is 16.6. The van der Waals surface area contributed by atoms with Crippen LogP contribution in [0.1, 0.15) is 10.4 Å². The minimum atomic E-state index is -1.46. The summed E-state index contributed by atoms with van der Waals surface area (Å²) in [5.41, 5.74) is -2.46. The molecule has 0 bridgehead atoms. The molecule has 0 unspecified atom stereocenters. The van der Waals surface area contributed by atoms with E-state index >= 15 is 0 Å². The van der Waals surface area contributed by atoms with E-state index in [-0.39, 0.29) is 5.56 Å². The van der Waals surface area contributed by atoms with E-state index < -0.39 is 44.1 Å². The van der Waals surface area contributed by atoms with Crippen molar-refractivity contribution < 1.29 is 24.9 Å². The largest absolute Gasteiger partial charge is 0.506 e. The van der Waals surface area contributed by atoms with E-state index in [1.165, 1.54) is 12.1 Å². The second kappa shape index (κ2) is 5.48. The van der Waals surface area contributed by atoms with Gasteiger partial charge in [-0.1, -0.05) is 12.1 Å². The molecule has 0 amide bonds. The van der Waals surface area contributed by atoms with Crippen LogP contribution in [0.15, 0.2) is 36.4 Å². The zero-order chi connectivity index (χ0) is 16.4. The summed E-state index contributed by atoms with van der Waals surface area (Å²) in [6.07, 6.45) is 0. The second-order valence-corrected chi connectivity index (χ2v) is 4.19. The van der Waals surface area contributed by atoms with Crippen LogP contribution in [-0.4, -0.2) is 26.0 Å². The fraction of sp³-hybridized carbons (Fsp3) is 0. The lowest BCUT2D eigenvalue weighted by atomic mass is 9.98. The van der Waals surface area contributed by atoms with Gasteiger partial charge in [-0.25, -0.2) is 4.79 Å². The van der Waals surface area contributed by atoms with Crippen molar-refractivity contribution in [2.24, 2.45) is 0 Å². The number of phenols is 1. The molecule has 0 aliphatic carbocycles. The lowest BCUT2D eigenvalue weighted by molar-refractivity contribution is -0.392. The summed E-state index contributed by atoms with van der Waals surface area (Å²) in [4.78, 5) is 31.5. The topological polar surface area (TPSA) is 144 Å². The molecule has 0 radical (unpaired) electrons. The molecule has 112 valence electrons. The van der Waals surface area contributed by atoms with E-state index in [1.54, 1.807) is 0 Å². The van der Waals surface area contributed by atoms with E-state index in [1.807, 2.05) is 0 Å². The summed E-state index contributed by atoms with van der Waals surface area (Å²) in [5.74, 6) is -2.23. The molecule has 2 N–H and O–H groups in total. The molecule has 2 aromatic rings. The van der Waals surface area contributed by atoms with Crippen molar-refractivity contribution in [2.45, 2.75) is 0 Å². The first-order valence-electron chi connectivity index (χ1n) is 5.82. The molecular weight excluding hydrogens is 296 g/mol. The standard InChI is InChI=1S/C13H8N2O7/c16-12-7(3-1-4-8(12)13(17)18)11-9(14(19)20)5-2-6-10(11)15(21)22/h1-6,16H,(H,17,18). The summed E-state index contributed by atoms with van der Waals surface area (Å²) in [5, 5.41) is 41.1. The van der Waals surface area contributed by atoms with Crippen LogP contribution >= 0.6 is 0 Å². The fourth-order valence-electron chi connectivity index (χ4n) is 2.03. The van der Waals surface area contributed by atoms with Crippen molar-refractivity contribution in [3.8, 4) is 16.9 Å². The number of carbonyl (C=O) groups is 1. The highest BCUT2D eigenvalue weighted by molar-refractivity contribution is 5.96. The Balaban J connectivity index is 2.88. The number of nitrogens with zero attached hydrogens (tertiary/aromatic N) is 2. The van der Waals surface area contributed by atoms with Crippen LogP contribution in [0.5, 0.6) is 5.75 Å². The number of carboxylic acids is 1. The van der Waals surface area contributed by atoms with E-state index in [4.69, 9.17) is 5.11 Å². The van der Waals surface area contributed by atoms with Crippen molar-refractivity contribution in [1.82, 2.24) is 0 Å². The maximum Gasteiger partial charge on any atom is 0.339 e. The number of aromatic hydroxyl groups is 1. The van der Waals surface area contributed by atoms with E-state index in [2.05, 4.69) is 0 Å². The molecule has 0 saturated carbocycles. The van der Waals surface area contributed by atoms with Crippen LogP contribution in [0.3, 0.4) is 0 Å². The Hall–Kier alpha value is -3.49.